The zero-order chi connectivity index (χ0) is 14.4. The van der Waals surface area contributed by atoms with E-state index in [2.05, 4.69) is 11.0 Å². The molecule has 1 saturated heterocycles. The molecule has 21 heavy (non-hydrogen) atoms. The molecule has 4 heteroatoms. The molecule has 4 rings (SSSR count). The highest BCUT2D eigenvalue weighted by Crippen LogP contribution is 2.40. The number of nitrogens with two attached hydrogens (primary N) is 1. The first-order valence-corrected chi connectivity index (χ1v) is 8.71. The Bertz CT molecular complexity index is 572. The summed E-state index contributed by atoms with van der Waals surface area (Å²) in [6.45, 7) is 2.29. The normalized spacial score (nSPS) is 27.5. The van der Waals surface area contributed by atoms with E-state index < -0.39 is 0 Å². The Balaban J connectivity index is 1.71. The number of aryl methyl sites for hydroxylation is 2. The summed E-state index contributed by atoms with van der Waals surface area (Å²) >= 11 is 5.30. The van der Waals surface area contributed by atoms with Crippen molar-refractivity contribution in [3.05, 3.63) is 22.9 Å². The van der Waals surface area contributed by atoms with Crippen LogP contribution in [0.4, 0.5) is 5.82 Å². The Morgan fingerprint density at radius 3 is 2.57 bits per heavy atom. The first kappa shape index (κ1) is 13.5. The molecule has 2 heterocycles. The van der Waals surface area contributed by atoms with Gasteiger partial charge in [-0.2, -0.15) is 0 Å². The van der Waals surface area contributed by atoms with Crippen LogP contribution in [-0.4, -0.2) is 23.1 Å². The van der Waals surface area contributed by atoms with Crippen molar-refractivity contribution in [2.75, 3.05) is 18.0 Å². The maximum Gasteiger partial charge on any atom is 0.139 e. The number of anilines is 1. The number of fused-ring (bicyclic) bond motifs is 2. The highest BCUT2D eigenvalue weighted by molar-refractivity contribution is 7.80. The third-order valence-corrected chi connectivity index (χ3v) is 5.79. The topological polar surface area (TPSA) is 42.1 Å². The minimum atomic E-state index is 0.503. The second-order valence-corrected chi connectivity index (χ2v) is 7.33. The van der Waals surface area contributed by atoms with Crippen molar-refractivity contribution >= 4 is 23.0 Å². The molecular weight excluding hydrogens is 278 g/mol. The number of nitrogens with zero attached hydrogens (tertiary/aromatic N) is 2. The van der Waals surface area contributed by atoms with Gasteiger partial charge in [0, 0.05) is 18.8 Å². The summed E-state index contributed by atoms with van der Waals surface area (Å²) in [5.74, 6) is 2.79. The Hall–Kier alpha value is -1.16. The highest BCUT2D eigenvalue weighted by Gasteiger charge is 2.37. The molecular formula is C17H23N3S. The van der Waals surface area contributed by atoms with Gasteiger partial charge in [0.2, 0.25) is 0 Å². The third-order valence-electron chi connectivity index (χ3n) is 5.57. The monoisotopic (exact) mass is 301 g/mol. The first-order chi connectivity index (χ1) is 10.2. The fraction of sp³-hybridized carbons (Fsp3) is 0.647. The first-order valence-electron chi connectivity index (χ1n) is 8.30. The maximum atomic E-state index is 6.00. The van der Waals surface area contributed by atoms with Crippen LogP contribution in [0.5, 0.6) is 0 Å². The molecule has 3 nitrogen and oxygen atoms in total. The van der Waals surface area contributed by atoms with E-state index in [1.165, 1.54) is 43.4 Å². The Kier molecular flexibility index (Phi) is 3.37. The van der Waals surface area contributed by atoms with Crippen LogP contribution in [0.25, 0.3) is 0 Å². The summed E-state index contributed by atoms with van der Waals surface area (Å²) in [6.07, 6.45) is 8.94. The van der Waals surface area contributed by atoms with Gasteiger partial charge in [0.05, 0.1) is 5.56 Å². The van der Waals surface area contributed by atoms with Gasteiger partial charge < -0.3 is 10.6 Å². The average molecular weight is 301 g/mol. The molecule has 0 aromatic carbocycles. The van der Waals surface area contributed by atoms with Gasteiger partial charge in [0.1, 0.15) is 10.8 Å². The SMILES string of the molecule is NC(=S)c1cc2c(nc1N1CC3CCCC3C1)CCCC2. The van der Waals surface area contributed by atoms with E-state index in [0.717, 1.165) is 49.1 Å². The molecule has 1 aromatic heterocycles. The van der Waals surface area contributed by atoms with E-state index in [4.69, 9.17) is 22.9 Å². The number of pyridine rings is 1. The van der Waals surface area contributed by atoms with Gasteiger partial charge in [-0.25, -0.2) is 4.98 Å². The molecule has 0 amide bonds. The van der Waals surface area contributed by atoms with Crippen molar-refractivity contribution in [2.45, 2.75) is 44.9 Å². The van der Waals surface area contributed by atoms with Crippen LogP contribution >= 0.6 is 12.2 Å². The van der Waals surface area contributed by atoms with Gasteiger partial charge in [-0.1, -0.05) is 18.6 Å². The van der Waals surface area contributed by atoms with Crippen molar-refractivity contribution < 1.29 is 0 Å². The van der Waals surface area contributed by atoms with E-state index in [0.29, 0.717) is 4.99 Å². The van der Waals surface area contributed by atoms with Crippen LogP contribution in [0, 0.1) is 11.8 Å². The third kappa shape index (κ3) is 2.33. The number of hydrogen-bond acceptors (Lipinski definition) is 3. The zero-order valence-corrected chi connectivity index (χ0v) is 13.3. The number of aromatic nitrogens is 1. The Morgan fingerprint density at radius 2 is 1.86 bits per heavy atom. The molecule has 2 aliphatic carbocycles. The summed E-state index contributed by atoms with van der Waals surface area (Å²) in [5.41, 5.74) is 9.65. The second-order valence-electron chi connectivity index (χ2n) is 6.89. The molecule has 2 fully saturated rings. The molecule has 1 saturated carbocycles. The molecule has 112 valence electrons. The Labute approximate surface area is 131 Å². The van der Waals surface area contributed by atoms with Crippen LogP contribution < -0.4 is 10.6 Å². The lowest BCUT2D eigenvalue weighted by Gasteiger charge is -2.25. The highest BCUT2D eigenvalue weighted by atomic mass is 32.1. The lowest BCUT2D eigenvalue weighted by atomic mass is 9.94. The quantitative estimate of drug-likeness (QED) is 0.853. The standard InChI is InChI=1S/C17H23N3S/c18-16(21)14-8-11-4-1-2-7-15(11)19-17(14)20-9-12-5-3-6-13(12)10-20/h8,12-13H,1-7,9-10H2,(H2,18,21). The minimum Gasteiger partial charge on any atom is -0.389 e. The molecule has 1 aromatic rings. The number of hydrogen-bond donors (Lipinski definition) is 1. The molecule has 2 N–H and O–H groups in total. The van der Waals surface area contributed by atoms with Crippen molar-refractivity contribution in [3.8, 4) is 0 Å². The summed E-state index contributed by atoms with van der Waals surface area (Å²) in [7, 11) is 0. The number of thiocarbonyl (C=S) groups is 1. The van der Waals surface area contributed by atoms with Crippen LogP contribution in [0.1, 0.15) is 48.9 Å². The van der Waals surface area contributed by atoms with Crippen molar-refractivity contribution in [3.63, 3.8) is 0 Å². The smallest absolute Gasteiger partial charge is 0.139 e. The molecule has 2 unspecified atom stereocenters. The van der Waals surface area contributed by atoms with E-state index in [9.17, 15) is 0 Å². The van der Waals surface area contributed by atoms with Gasteiger partial charge in [0.15, 0.2) is 0 Å². The fourth-order valence-corrected chi connectivity index (χ4v) is 4.60. The lowest BCUT2D eigenvalue weighted by Crippen LogP contribution is -2.27. The molecule has 2 atom stereocenters. The van der Waals surface area contributed by atoms with E-state index >= 15 is 0 Å². The fourth-order valence-electron chi connectivity index (χ4n) is 4.45. The molecule has 0 radical (unpaired) electrons. The zero-order valence-electron chi connectivity index (χ0n) is 12.5. The summed E-state index contributed by atoms with van der Waals surface area (Å²) < 4.78 is 0. The second kappa shape index (κ2) is 5.24. The molecule has 0 bridgehead atoms. The lowest BCUT2D eigenvalue weighted by molar-refractivity contribution is 0.494. The van der Waals surface area contributed by atoms with Gasteiger partial charge in [-0.15, -0.1) is 0 Å². The van der Waals surface area contributed by atoms with Gasteiger partial charge in [0.25, 0.3) is 0 Å². The summed E-state index contributed by atoms with van der Waals surface area (Å²) in [4.78, 5) is 7.96. The summed E-state index contributed by atoms with van der Waals surface area (Å²) in [6, 6.07) is 2.23. The average Bonchev–Trinajstić information content (AvgIpc) is 3.07. The molecule has 0 spiro atoms. The van der Waals surface area contributed by atoms with Crippen molar-refractivity contribution in [2.24, 2.45) is 17.6 Å². The number of rotatable bonds is 2. The van der Waals surface area contributed by atoms with Crippen LogP contribution in [-0.2, 0) is 12.8 Å². The summed E-state index contributed by atoms with van der Waals surface area (Å²) in [5, 5.41) is 0. The van der Waals surface area contributed by atoms with Crippen molar-refractivity contribution in [1.82, 2.24) is 4.98 Å². The minimum absolute atomic E-state index is 0.503. The molecule has 1 aliphatic heterocycles. The van der Waals surface area contributed by atoms with E-state index in [1.54, 1.807) is 0 Å². The van der Waals surface area contributed by atoms with Gasteiger partial charge in [-0.05, 0) is 62.0 Å². The van der Waals surface area contributed by atoms with Crippen LogP contribution in [0.3, 0.4) is 0 Å². The Morgan fingerprint density at radius 1 is 1.14 bits per heavy atom. The van der Waals surface area contributed by atoms with Crippen LogP contribution in [0.2, 0.25) is 0 Å². The van der Waals surface area contributed by atoms with E-state index in [1.807, 2.05) is 0 Å². The largest absolute Gasteiger partial charge is 0.389 e. The molecule has 3 aliphatic rings. The maximum absolute atomic E-state index is 6.00. The predicted octanol–water partition coefficient (Wildman–Crippen LogP) is 2.83. The van der Waals surface area contributed by atoms with Crippen molar-refractivity contribution in [1.29, 1.82) is 0 Å². The van der Waals surface area contributed by atoms with Crippen LogP contribution in [0.15, 0.2) is 6.07 Å². The van der Waals surface area contributed by atoms with Gasteiger partial charge in [-0.3, -0.25) is 0 Å². The van der Waals surface area contributed by atoms with Gasteiger partial charge >= 0.3 is 0 Å². The predicted molar refractivity (Wildman–Crippen MR) is 89.8 cm³/mol. The van der Waals surface area contributed by atoms with E-state index in [-0.39, 0.29) is 0 Å².